The van der Waals surface area contributed by atoms with E-state index in [1.807, 2.05) is 55.5 Å². The molecule has 0 aromatic heterocycles. The Morgan fingerprint density at radius 3 is 2.46 bits per heavy atom. The average Bonchev–Trinajstić information content (AvgIpc) is 2.19. The van der Waals surface area contributed by atoms with E-state index in [4.69, 9.17) is 0 Å². The Morgan fingerprint density at radius 2 is 1.85 bits per heavy atom. The van der Waals surface area contributed by atoms with Crippen molar-refractivity contribution >= 4 is 0 Å². The van der Waals surface area contributed by atoms with Gasteiger partial charge in [-0.1, -0.05) is 54.6 Å². The highest BCUT2D eigenvalue weighted by Crippen LogP contribution is 2.12. The molecule has 0 aliphatic carbocycles. The van der Waals surface area contributed by atoms with Gasteiger partial charge in [0.25, 0.3) is 0 Å². The molecule has 0 bridgehead atoms. The Kier molecular flexibility index (Phi) is 4.00. The van der Waals surface area contributed by atoms with E-state index in [9.17, 15) is 5.11 Å². The van der Waals surface area contributed by atoms with E-state index in [2.05, 4.69) is 0 Å². The van der Waals surface area contributed by atoms with Gasteiger partial charge in [-0.3, -0.25) is 0 Å². The van der Waals surface area contributed by atoms with Crippen molar-refractivity contribution < 1.29 is 5.11 Å². The number of aliphatic hydroxyl groups is 1. The number of benzene rings is 1. The highest BCUT2D eigenvalue weighted by atomic mass is 16.3. The van der Waals surface area contributed by atoms with E-state index in [0.717, 1.165) is 5.56 Å². The Hall–Kier alpha value is -1.34. The fourth-order valence-corrected chi connectivity index (χ4v) is 1.04. The maximum Gasteiger partial charge on any atom is 0.0974 e. The molecule has 1 unspecified atom stereocenters. The highest BCUT2D eigenvalue weighted by Gasteiger charge is 1.99. The van der Waals surface area contributed by atoms with Gasteiger partial charge in [0.1, 0.15) is 0 Å². The molecule has 0 saturated heterocycles. The number of rotatable bonds is 3. The van der Waals surface area contributed by atoms with Crippen LogP contribution in [0.25, 0.3) is 0 Å². The van der Waals surface area contributed by atoms with Crippen molar-refractivity contribution in [3.63, 3.8) is 0 Å². The molecule has 1 aromatic carbocycles. The minimum Gasteiger partial charge on any atom is -0.384 e. The lowest BCUT2D eigenvalue weighted by Crippen LogP contribution is -1.91. The quantitative estimate of drug-likeness (QED) is 0.698. The van der Waals surface area contributed by atoms with Crippen molar-refractivity contribution in [1.82, 2.24) is 0 Å². The van der Waals surface area contributed by atoms with Crippen LogP contribution in [-0.2, 0) is 0 Å². The molecule has 0 amide bonds. The lowest BCUT2D eigenvalue weighted by Gasteiger charge is -2.03. The maximum atomic E-state index is 9.63. The summed E-state index contributed by atoms with van der Waals surface area (Å²) >= 11 is 0. The molecule has 13 heavy (non-hydrogen) atoms. The van der Waals surface area contributed by atoms with Crippen molar-refractivity contribution in [2.45, 2.75) is 13.0 Å². The van der Waals surface area contributed by atoms with E-state index in [0.29, 0.717) is 0 Å². The fourth-order valence-electron chi connectivity index (χ4n) is 1.04. The molecule has 1 aromatic rings. The van der Waals surface area contributed by atoms with Crippen LogP contribution < -0.4 is 0 Å². The minimum atomic E-state index is -0.502. The first-order valence-electron chi connectivity index (χ1n) is 4.37. The van der Waals surface area contributed by atoms with Crippen molar-refractivity contribution in [3.05, 3.63) is 60.2 Å². The summed E-state index contributed by atoms with van der Waals surface area (Å²) in [5.74, 6) is 0. The Labute approximate surface area is 79.0 Å². The first-order valence-corrected chi connectivity index (χ1v) is 4.37. The van der Waals surface area contributed by atoms with Crippen LogP contribution in [0.15, 0.2) is 54.6 Å². The van der Waals surface area contributed by atoms with Gasteiger partial charge in [-0.2, -0.15) is 0 Å². The molecule has 68 valence electrons. The molecule has 1 heteroatoms. The van der Waals surface area contributed by atoms with Gasteiger partial charge < -0.3 is 5.11 Å². The van der Waals surface area contributed by atoms with Crippen LogP contribution in [0.3, 0.4) is 0 Å². The summed E-state index contributed by atoms with van der Waals surface area (Å²) < 4.78 is 0. The van der Waals surface area contributed by atoms with Crippen LogP contribution in [0.1, 0.15) is 18.6 Å². The van der Waals surface area contributed by atoms with Gasteiger partial charge >= 0.3 is 0 Å². The topological polar surface area (TPSA) is 20.2 Å². The highest BCUT2D eigenvalue weighted by molar-refractivity contribution is 5.21. The molecule has 0 aliphatic heterocycles. The van der Waals surface area contributed by atoms with Gasteiger partial charge in [-0.25, -0.2) is 0 Å². The lowest BCUT2D eigenvalue weighted by molar-refractivity contribution is 0.228. The standard InChI is InChI=1S/C12H14O/c1-2-3-5-10-12(13)11-8-6-4-7-9-11/h2-10,12-13H,1H3/b3-2+,10-5+. The summed E-state index contributed by atoms with van der Waals surface area (Å²) in [5, 5.41) is 9.63. The van der Waals surface area contributed by atoms with Crippen LogP contribution in [0.2, 0.25) is 0 Å². The second-order valence-electron chi connectivity index (χ2n) is 2.77. The zero-order valence-electron chi connectivity index (χ0n) is 7.72. The van der Waals surface area contributed by atoms with Crippen molar-refractivity contribution in [3.8, 4) is 0 Å². The van der Waals surface area contributed by atoms with Gasteiger partial charge in [0, 0.05) is 0 Å². The third kappa shape index (κ3) is 3.26. The Morgan fingerprint density at radius 1 is 1.15 bits per heavy atom. The smallest absolute Gasteiger partial charge is 0.0974 e. The van der Waals surface area contributed by atoms with E-state index in [-0.39, 0.29) is 0 Å². The third-order valence-electron chi connectivity index (χ3n) is 1.74. The van der Waals surface area contributed by atoms with E-state index < -0.39 is 6.10 Å². The van der Waals surface area contributed by atoms with Crippen LogP contribution in [-0.4, -0.2) is 5.11 Å². The molecule has 0 saturated carbocycles. The van der Waals surface area contributed by atoms with Crippen molar-refractivity contribution in [1.29, 1.82) is 0 Å². The monoisotopic (exact) mass is 174 g/mol. The second kappa shape index (κ2) is 5.33. The fraction of sp³-hybridized carbons (Fsp3) is 0.167. The largest absolute Gasteiger partial charge is 0.384 e. The SMILES string of the molecule is C/C=C/C=C/C(O)c1ccccc1. The van der Waals surface area contributed by atoms with E-state index in [1.54, 1.807) is 6.08 Å². The van der Waals surface area contributed by atoms with Crippen LogP contribution in [0.4, 0.5) is 0 Å². The van der Waals surface area contributed by atoms with Gasteiger partial charge in [0.15, 0.2) is 0 Å². The minimum absolute atomic E-state index is 0.502. The van der Waals surface area contributed by atoms with Gasteiger partial charge in [0.05, 0.1) is 6.10 Å². The molecule has 1 rings (SSSR count). The predicted octanol–water partition coefficient (Wildman–Crippen LogP) is 2.85. The average molecular weight is 174 g/mol. The number of hydrogen-bond donors (Lipinski definition) is 1. The first kappa shape index (κ1) is 9.75. The zero-order valence-corrected chi connectivity index (χ0v) is 7.72. The molecule has 0 heterocycles. The summed E-state index contributed by atoms with van der Waals surface area (Å²) in [6.07, 6.45) is 6.92. The van der Waals surface area contributed by atoms with Gasteiger partial charge in [-0.05, 0) is 12.5 Å². The van der Waals surface area contributed by atoms with Crippen LogP contribution in [0.5, 0.6) is 0 Å². The number of aliphatic hydroxyl groups excluding tert-OH is 1. The molecule has 0 fully saturated rings. The molecule has 1 atom stereocenters. The Balaban J connectivity index is 2.63. The van der Waals surface area contributed by atoms with Crippen molar-refractivity contribution in [2.24, 2.45) is 0 Å². The van der Waals surface area contributed by atoms with E-state index in [1.165, 1.54) is 0 Å². The molecule has 1 nitrogen and oxygen atoms in total. The third-order valence-corrected chi connectivity index (χ3v) is 1.74. The summed E-state index contributed by atoms with van der Waals surface area (Å²) in [4.78, 5) is 0. The molecule has 1 N–H and O–H groups in total. The molecule has 0 aliphatic rings. The van der Waals surface area contributed by atoms with Gasteiger partial charge in [0.2, 0.25) is 0 Å². The van der Waals surface area contributed by atoms with Crippen molar-refractivity contribution in [2.75, 3.05) is 0 Å². The van der Waals surface area contributed by atoms with Gasteiger partial charge in [-0.15, -0.1) is 0 Å². The Bertz CT molecular complexity index is 285. The summed E-state index contributed by atoms with van der Waals surface area (Å²) in [7, 11) is 0. The summed E-state index contributed by atoms with van der Waals surface area (Å²) in [6.45, 7) is 1.94. The normalized spacial score (nSPS) is 14.0. The van der Waals surface area contributed by atoms with E-state index >= 15 is 0 Å². The molecule has 0 spiro atoms. The predicted molar refractivity (Wildman–Crippen MR) is 55.4 cm³/mol. The molecule has 0 radical (unpaired) electrons. The van der Waals surface area contributed by atoms with Crippen LogP contribution in [0, 0.1) is 0 Å². The lowest BCUT2D eigenvalue weighted by atomic mass is 10.1. The second-order valence-corrected chi connectivity index (χ2v) is 2.77. The first-order chi connectivity index (χ1) is 6.34. The molecular weight excluding hydrogens is 160 g/mol. The maximum absolute atomic E-state index is 9.63. The summed E-state index contributed by atoms with van der Waals surface area (Å²) in [6, 6.07) is 9.59. The summed E-state index contributed by atoms with van der Waals surface area (Å²) in [5.41, 5.74) is 0.920. The number of hydrogen-bond acceptors (Lipinski definition) is 1. The molecular formula is C12H14O. The zero-order chi connectivity index (χ0) is 9.52. The van der Waals surface area contributed by atoms with Crippen LogP contribution >= 0.6 is 0 Å². The number of allylic oxidation sites excluding steroid dienone is 3.